The van der Waals surface area contributed by atoms with E-state index in [1.165, 1.54) is 0 Å². The molecular weight excluding hydrogens is 212 g/mol. The Kier molecular flexibility index (Phi) is 2.92. The molecular formula is C14H18N2O. The van der Waals surface area contributed by atoms with Gasteiger partial charge in [0.1, 0.15) is 0 Å². The lowest BCUT2D eigenvalue weighted by molar-refractivity contribution is 0.0799. The second-order valence-electron chi connectivity index (χ2n) is 4.36. The molecule has 3 nitrogen and oxygen atoms in total. The standard InChI is InChI=1S/C14H18N2O/c1-4-10(5-2)16-9(3)11-7-6-8-12(15)13(11)14(16)17/h6-8,10H,3-5,15H2,1-2H3. The lowest BCUT2D eigenvalue weighted by Crippen LogP contribution is -2.33. The Morgan fingerprint density at radius 3 is 2.53 bits per heavy atom. The van der Waals surface area contributed by atoms with Gasteiger partial charge in [-0.05, 0) is 18.9 Å². The molecule has 0 saturated heterocycles. The van der Waals surface area contributed by atoms with Crippen LogP contribution in [-0.2, 0) is 0 Å². The van der Waals surface area contributed by atoms with Crippen LogP contribution in [0, 0.1) is 0 Å². The summed E-state index contributed by atoms with van der Waals surface area (Å²) in [6, 6.07) is 5.75. The summed E-state index contributed by atoms with van der Waals surface area (Å²) in [5, 5.41) is 0. The summed E-state index contributed by atoms with van der Waals surface area (Å²) in [5.41, 5.74) is 8.70. The lowest BCUT2D eigenvalue weighted by Gasteiger charge is -2.26. The number of amides is 1. The molecule has 0 aliphatic carbocycles. The van der Waals surface area contributed by atoms with E-state index >= 15 is 0 Å². The molecule has 2 rings (SSSR count). The number of hydrogen-bond donors (Lipinski definition) is 1. The summed E-state index contributed by atoms with van der Waals surface area (Å²) in [6.45, 7) is 8.20. The summed E-state index contributed by atoms with van der Waals surface area (Å²) in [7, 11) is 0. The van der Waals surface area contributed by atoms with Crippen LogP contribution in [0.15, 0.2) is 24.8 Å². The third kappa shape index (κ3) is 1.62. The van der Waals surface area contributed by atoms with Gasteiger partial charge in [-0.1, -0.05) is 32.6 Å². The second-order valence-corrected chi connectivity index (χ2v) is 4.36. The van der Waals surface area contributed by atoms with Gasteiger partial charge < -0.3 is 10.6 Å². The molecule has 90 valence electrons. The van der Waals surface area contributed by atoms with E-state index in [-0.39, 0.29) is 11.9 Å². The van der Waals surface area contributed by atoms with Crippen LogP contribution in [0.2, 0.25) is 0 Å². The molecule has 0 radical (unpaired) electrons. The molecule has 0 saturated carbocycles. The molecule has 17 heavy (non-hydrogen) atoms. The average molecular weight is 230 g/mol. The Balaban J connectivity index is 2.49. The zero-order chi connectivity index (χ0) is 12.6. The van der Waals surface area contributed by atoms with Crippen molar-refractivity contribution in [1.29, 1.82) is 0 Å². The zero-order valence-corrected chi connectivity index (χ0v) is 10.4. The van der Waals surface area contributed by atoms with Crippen molar-refractivity contribution in [2.45, 2.75) is 32.7 Å². The minimum Gasteiger partial charge on any atom is -0.398 e. The fraction of sp³-hybridized carbons (Fsp3) is 0.357. The first kappa shape index (κ1) is 11.7. The summed E-state index contributed by atoms with van der Waals surface area (Å²) in [5.74, 6) is -0.00296. The van der Waals surface area contributed by atoms with Gasteiger partial charge in [0.2, 0.25) is 0 Å². The van der Waals surface area contributed by atoms with Crippen LogP contribution in [0.3, 0.4) is 0 Å². The van der Waals surface area contributed by atoms with Crippen LogP contribution < -0.4 is 5.73 Å². The first-order chi connectivity index (χ1) is 8.11. The number of anilines is 1. The van der Waals surface area contributed by atoms with Gasteiger partial charge in [0.05, 0.1) is 5.56 Å². The molecule has 1 amide bonds. The van der Waals surface area contributed by atoms with Crippen molar-refractivity contribution in [3.8, 4) is 0 Å². The maximum Gasteiger partial charge on any atom is 0.261 e. The molecule has 1 aliphatic rings. The average Bonchev–Trinajstić information content (AvgIpc) is 2.57. The van der Waals surface area contributed by atoms with E-state index in [9.17, 15) is 4.79 Å². The van der Waals surface area contributed by atoms with E-state index < -0.39 is 0 Å². The fourth-order valence-corrected chi connectivity index (χ4v) is 2.46. The smallest absolute Gasteiger partial charge is 0.261 e. The predicted octanol–water partition coefficient (Wildman–Crippen LogP) is 2.88. The Morgan fingerprint density at radius 1 is 1.35 bits per heavy atom. The Bertz CT molecular complexity index is 475. The highest BCUT2D eigenvalue weighted by molar-refractivity contribution is 6.12. The molecule has 0 fully saturated rings. The van der Waals surface area contributed by atoms with Crippen LogP contribution in [0.25, 0.3) is 5.70 Å². The first-order valence-corrected chi connectivity index (χ1v) is 6.03. The molecule has 1 aliphatic heterocycles. The predicted molar refractivity (Wildman–Crippen MR) is 70.4 cm³/mol. The zero-order valence-electron chi connectivity index (χ0n) is 10.4. The summed E-state index contributed by atoms with van der Waals surface area (Å²) >= 11 is 0. The first-order valence-electron chi connectivity index (χ1n) is 6.03. The number of nitrogens with zero attached hydrogens (tertiary/aromatic N) is 1. The highest BCUT2D eigenvalue weighted by atomic mass is 16.2. The maximum atomic E-state index is 12.4. The number of carbonyl (C=O) groups excluding carboxylic acids is 1. The van der Waals surface area contributed by atoms with E-state index in [4.69, 9.17) is 5.73 Å². The van der Waals surface area contributed by atoms with Crippen molar-refractivity contribution in [3.05, 3.63) is 35.9 Å². The molecule has 3 heteroatoms. The molecule has 2 N–H and O–H groups in total. The molecule has 1 aromatic rings. The highest BCUT2D eigenvalue weighted by Gasteiger charge is 2.35. The SMILES string of the molecule is C=C1c2cccc(N)c2C(=O)N1C(CC)CC. The van der Waals surface area contributed by atoms with Crippen LogP contribution >= 0.6 is 0 Å². The Hall–Kier alpha value is -1.77. The third-order valence-corrected chi connectivity index (χ3v) is 3.44. The summed E-state index contributed by atoms with van der Waals surface area (Å²) < 4.78 is 0. The molecule has 0 atom stereocenters. The van der Waals surface area contributed by atoms with Crippen molar-refractivity contribution >= 4 is 17.3 Å². The summed E-state index contributed by atoms with van der Waals surface area (Å²) in [4.78, 5) is 14.2. The lowest BCUT2D eigenvalue weighted by atomic mass is 10.1. The second kappa shape index (κ2) is 4.24. The molecule has 0 spiro atoms. The van der Waals surface area contributed by atoms with Crippen molar-refractivity contribution < 1.29 is 4.79 Å². The Labute approximate surface area is 102 Å². The van der Waals surface area contributed by atoms with E-state index in [1.807, 2.05) is 12.1 Å². The van der Waals surface area contributed by atoms with Gasteiger partial charge in [-0.3, -0.25) is 4.79 Å². The molecule has 0 aromatic heterocycles. The quantitative estimate of drug-likeness (QED) is 0.811. The van der Waals surface area contributed by atoms with Crippen molar-refractivity contribution in [2.75, 3.05) is 5.73 Å². The molecule has 0 unspecified atom stereocenters. The number of benzene rings is 1. The number of rotatable bonds is 3. The van der Waals surface area contributed by atoms with Crippen LogP contribution in [0.1, 0.15) is 42.6 Å². The van der Waals surface area contributed by atoms with Crippen LogP contribution in [0.4, 0.5) is 5.69 Å². The monoisotopic (exact) mass is 230 g/mol. The van der Waals surface area contributed by atoms with Crippen LogP contribution in [-0.4, -0.2) is 16.8 Å². The van der Waals surface area contributed by atoms with E-state index in [1.54, 1.807) is 11.0 Å². The van der Waals surface area contributed by atoms with Gasteiger partial charge in [-0.15, -0.1) is 0 Å². The highest BCUT2D eigenvalue weighted by Crippen LogP contribution is 2.37. The van der Waals surface area contributed by atoms with Crippen molar-refractivity contribution in [3.63, 3.8) is 0 Å². The van der Waals surface area contributed by atoms with Gasteiger partial charge in [-0.2, -0.15) is 0 Å². The fourth-order valence-electron chi connectivity index (χ4n) is 2.46. The van der Waals surface area contributed by atoms with Crippen LogP contribution in [0.5, 0.6) is 0 Å². The molecule has 0 bridgehead atoms. The number of nitrogen functional groups attached to an aromatic ring is 1. The molecule has 1 aromatic carbocycles. The van der Waals surface area contributed by atoms with Gasteiger partial charge in [-0.25, -0.2) is 0 Å². The summed E-state index contributed by atoms with van der Waals surface area (Å²) in [6.07, 6.45) is 1.85. The van der Waals surface area contributed by atoms with E-state index in [0.29, 0.717) is 11.3 Å². The van der Waals surface area contributed by atoms with Gasteiger partial charge in [0.15, 0.2) is 0 Å². The van der Waals surface area contributed by atoms with E-state index in [2.05, 4.69) is 20.4 Å². The van der Waals surface area contributed by atoms with Gasteiger partial charge >= 0.3 is 0 Å². The van der Waals surface area contributed by atoms with Gasteiger partial charge in [0.25, 0.3) is 5.91 Å². The number of hydrogen-bond acceptors (Lipinski definition) is 2. The number of nitrogens with two attached hydrogens (primary N) is 1. The van der Waals surface area contributed by atoms with E-state index in [0.717, 1.165) is 24.1 Å². The number of fused-ring (bicyclic) bond motifs is 1. The van der Waals surface area contributed by atoms with Crippen molar-refractivity contribution in [2.24, 2.45) is 0 Å². The van der Waals surface area contributed by atoms with Gasteiger partial charge in [0, 0.05) is 23.0 Å². The topological polar surface area (TPSA) is 46.3 Å². The minimum absolute atomic E-state index is 0.00296. The normalized spacial score (nSPS) is 14.6. The van der Waals surface area contributed by atoms with Crippen molar-refractivity contribution in [1.82, 2.24) is 4.90 Å². The number of carbonyl (C=O) groups is 1. The largest absolute Gasteiger partial charge is 0.398 e. The molecule has 1 heterocycles. The maximum absolute atomic E-state index is 12.4. The Morgan fingerprint density at radius 2 is 2.00 bits per heavy atom. The minimum atomic E-state index is -0.00296. The third-order valence-electron chi connectivity index (χ3n) is 3.44.